The van der Waals surface area contributed by atoms with Crippen molar-refractivity contribution < 1.29 is 22.7 Å². The predicted molar refractivity (Wildman–Crippen MR) is 109 cm³/mol. The van der Waals surface area contributed by atoms with Crippen LogP contribution >= 0.6 is 0 Å². The minimum absolute atomic E-state index is 0.0264. The minimum atomic E-state index is -3.73. The van der Waals surface area contributed by atoms with E-state index in [4.69, 9.17) is 4.74 Å². The molecule has 8 nitrogen and oxygen atoms in total. The average Bonchev–Trinajstić information content (AvgIpc) is 3.06. The summed E-state index contributed by atoms with van der Waals surface area (Å²) in [4.78, 5) is 27.9. The summed E-state index contributed by atoms with van der Waals surface area (Å²) in [7, 11) is -2.24. The monoisotopic (exact) mass is 415 g/mol. The number of Topliss-reactive ketones (excluding diaryl/α,β-unsaturated/α-hetero) is 1. The maximum absolute atomic E-state index is 12.5. The normalized spacial score (nSPS) is 11.4. The molecule has 3 rings (SSSR count). The molecule has 0 fully saturated rings. The Balaban J connectivity index is 1.58. The van der Waals surface area contributed by atoms with Crippen molar-refractivity contribution in [2.45, 2.75) is 11.8 Å². The molecule has 0 spiro atoms. The molecule has 1 heterocycles. The molecule has 0 aliphatic heterocycles. The van der Waals surface area contributed by atoms with E-state index in [1.165, 1.54) is 19.2 Å². The summed E-state index contributed by atoms with van der Waals surface area (Å²) >= 11 is 0. The van der Waals surface area contributed by atoms with Gasteiger partial charge < -0.3 is 15.0 Å². The molecule has 2 aromatic carbocycles. The number of methoxy groups -OCH3 is 1. The third-order valence-corrected chi connectivity index (χ3v) is 5.88. The SMILES string of the molecule is COc1ccc(S(=O)(=O)NCCNC(=O)C(=O)c2c(C)[nH]c3ccccc23)cc1. The van der Waals surface area contributed by atoms with Gasteiger partial charge in [0.1, 0.15) is 5.75 Å². The molecule has 9 heteroatoms. The van der Waals surface area contributed by atoms with Crippen molar-refractivity contribution in [3.8, 4) is 5.75 Å². The topological polar surface area (TPSA) is 117 Å². The van der Waals surface area contributed by atoms with E-state index in [2.05, 4.69) is 15.0 Å². The lowest BCUT2D eigenvalue weighted by Crippen LogP contribution is -2.38. The highest BCUT2D eigenvalue weighted by Crippen LogP contribution is 2.22. The van der Waals surface area contributed by atoms with Gasteiger partial charge in [0.2, 0.25) is 10.0 Å². The Kier molecular flexibility index (Phi) is 6.00. The van der Waals surface area contributed by atoms with E-state index in [0.29, 0.717) is 22.4 Å². The van der Waals surface area contributed by atoms with Gasteiger partial charge in [0.15, 0.2) is 0 Å². The van der Waals surface area contributed by atoms with E-state index >= 15 is 0 Å². The van der Waals surface area contributed by atoms with Crippen LogP contribution in [0.2, 0.25) is 0 Å². The van der Waals surface area contributed by atoms with E-state index in [9.17, 15) is 18.0 Å². The highest BCUT2D eigenvalue weighted by atomic mass is 32.2. The van der Waals surface area contributed by atoms with Gasteiger partial charge in [-0.05, 0) is 37.3 Å². The Morgan fingerprint density at radius 3 is 2.41 bits per heavy atom. The van der Waals surface area contributed by atoms with Gasteiger partial charge in [-0.2, -0.15) is 0 Å². The lowest BCUT2D eigenvalue weighted by Gasteiger charge is -2.08. The largest absolute Gasteiger partial charge is 0.497 e. The fraction of sp³-hybridized carbons (Fsp3) is 0.200. The molecule has 3 aromatic rings. The number of aromatic nitrogens is 1. The second-order valence-electron chi connectivity index (χ2n) is 6.33. The lowest BCUT2D eigenvalue weighted by atomic mass is 10.1. The van der Waals surface area contributed by atoms with Gasteiger partial charge in [0.25, 0.3) is 11.7 Å². The number of nitrogens with one attached hydrogen (secondary N) is 3. The van der Waals surface area contributed by atoms with Gasteiger partial charge in [-0.15, -0.1) is 0 Å². The van der Waals surface area contributed by atoms with E-state index in [0.717, 1.165) is 5.52 Å². The second kappa shape index (κ2) is 8.46. The summed E-state index contributed by atoms with van der Waals surface area (Å²) < 4.78 is 31.9. The molecule has 0 aliphatic carbocycles. The zero-order valence-corrected chi connectivity index (χ0v) is 16.8. The molecule has 1 aromatic heterocycles. The standard InChI is InChI=1S/C20H21N3O5S/c1-13-18(16-5-3-4-6-17(16)23-13)19(24)20(25)21-11-12-22-29(26,27)15-9-7-14(28-2)8-10-15/h3-10,22-23H,11-12H2,1-2H3,(H,21,25). The first-order valence-electron chi connectivity index (χ1n) is 8.87. The molecule has 0 saturated carbocycles. The number of hydrogen-bond acceptors (Lipinski definition) is 5. The molecule has 0 radical (unpaired) electrons. The van der Waals surface area contributed by atoms with Crippen LogP contribution in [0.4, 0.5) is 0 Å². The summed E-state index contributed by atoms with van der Waals surface area (Å²) in [5.41, 5.74) is 1.69. The molecule has 0 bridgehead atoms. The quantitative estimate of drug-likeness (QED) is 0.294. The number of amides is 1. The number of H-pyrrole nitrogens is 1. The predicted octanol–water partition coefficient (Wildman–Crippen LogP) is 1.76. The van der Waals surface area contributed by atoms with Gasteiger partial charge in [-0.25, -0.2) is 13.1 Å². The first-order chi connectivity index (χ1) is 13.8. The van der Waals surface area contributed by atoms with Crippen molar-refractivity contribution in [1.29, 1.82) is 0 Å². The van der Waals surface area contributed by atoms with Crippen molar-refractivity contribution in [1.82, 2.24) is 15.0 Å². The lowest BCUT2D eigenvalue weighted by molar-refractivity contribution is -0.116. The van der Waals surface area contributed by atoms with Crippen molar-refractivity contribution in [2.75, 3.05) is 20.2 Å². The maximum atomic E-state index is 12.5. The highest BCUT2D eigenvalue weighted by Gasteiger charge is 2.22. The number of carbonyl (C=O) groups is 2. The van der Waals surface area contributed by atoms with Gasteiger partial charge in [-0.3, -0.25) is 9.59 Å². The van der Waals surface area contributed by atoms with Crippen LogP contribution < -0.4 is 14.8 Å². The summed E-state index contributed by atoms with van der Waals surface area (Å²) in [5.74, 6) is -0.915. The van der Waals surface area contributed by atoms with Crippen LogP contribution in [0.5, 0.6) is 5.75 Å². The molecule has 0 saturated heterocycles. The first kappa shape index (κ1) is 20.6. The van der Waals surface area contributed by atoms with Crippen molar-refractivity contribution in [3.05, 3.63) is 59.8 Å². The van der Waals surface area contributed by atoms with Gasteiger partial charge in [-0.1, -0.05) is 18.2 Å². The summed E-state index contributed by atoms with van der Waals surface area (Å²) in [5, 5.41) is 3.13. The summed E-state index contributed by atoms with van der Waals surface area (Å²) in [6.07, 6.45) is 0. The molecule has 29 heavy (non-hydrogen) atoms. The Hall–Kier alpha value is -3.17. The van der Waals surface area contributed by atoms with Gasteiger partial charge in [0, 0.05) is 29.7 Å². The number of ether oxygens (including phenoxy) is 1. The van der Waals surface area contributed by atoms with Crippen molar-refractivity contribution >= 4 is 32.6 Å². The number of carbonyl (C=O) groups excluding carboxylic acids is 2. The number of rotatable bonds is 8. The number of sulfonamides is 1. The number of fused-ring (bicyclic) bond motifs is 1. The number of aromatic amines is 1. The smallest absolute Gasteiger partial charge is 0.292 e. The fourth-order valence-corrected chi connectivity index (χ4v) is 3.99. The van der Waals surface area contributed by atoms with Crippen LogP contribution in [0.3, 0.4) is 0 Å². The number of benzene rings is 2. The molecule has 3 N–H and O–H groups in total. The zero-order chi connectivity index (χ0) is 21.0. The zero-order valence-electron chi connectivity index (χ0n) is 16.0. The third-order valence-electron chi connectivity index (χ3n) is 4.40. The van der Waals surface area contributed by atoms with Crippen LogP contribution in [0, 0.1) is 6.92 Å². The van der Waals surface area contributed by atoms with Crippen LogP contribution in [-0.2, 0) is 14.8 Å². The Bertz CT molecular complexity index is 1150. The molecule has 0 unspecified atom stereocenters. The number of para-hydroxylation sites is 1. The average molecular weight is 415 g/mol. The number of ketones is 1. The second-order valence-corrected chi connectivity index (χ2v) is 8.10. The van der Waals surface area contributed by atoms with Crippen LogP contribution in [-0.4, -0.2) is 45.3 Å². The van der Waals surface area contributed by atoms with E-state index in [-0.39, 0.29) is 18.0 Å². The Morgan fingerprint density at radius 2 is 1.72 bits per heavy atom. The molecule has 0 aliphatic rings. The van der Waals surface area contributed by atoms with E-state index in [1.54, 1.807) is 31.2 Å². The van der Waals surface area contributed by atoms with E-state index in [1.807, 2.05) is 12.1 Å². The van der Waals surface area contributed by atoms with Gasteiger partial charge >= 0.3 is 0 Å². The number of aryl methyl sites for hydroxylation is 1. The summed E-state index contributed by atoms with van der Waals surface area (Å²) in [6.45, 7) is 1.64. The minimum Gasteiger partial charge on any atom is -0.497 e. The van der Waals surface area contributed by atoms with Crippen molar-refractivity contribution in [2.24, 2.45) is 0 Å². The third kappa shape index (κ3) is 4.47. The Labute approximate surface area is 168 Å². The highest BCUT2D eigenvalue weighted by molar-refractivity contribution is 7.89. The molecule has 152 valence electrons. The molecule has 1 amide bonds. The fourth-order valence-electron chi connectivity index (χ4n) is 2.96. The summed E-state index contributed by atoms with van der Waals surface area (Å²) in [6, 6.07) is 13.1. The van der Waals surface area contributed by atoms with Crippen LogP contribution in [0.1, 0.15) is 16.1 Å². The molecular formula is C20H21N3O5S. The van der Waals surface area contributed by atoms with Gasteiger partial charge in [0.05, 0.1) is 17.6 Å². The van der Waals surface area contributed by atoms with Crippen LogP contribution in [0.15, 0.2) is 53.4 Å². The maximum Gasteiger partial charge on any atom is 0.292 e. The number of hydrogen-bond donors (Lipinski definition) is 3. The Morgan fingerprint density at radius 1 is 1.03 bits per heavy atom. The molecule has 0 atom stereocenters. The van der Waals surface area contributed by atoms with E-state index < -0.39 is 21.7 Å². The van der Waals surface area contributed by atoms with Crippen LogP contribution in [0.25, 0.3) is 10.9 Å². The first-order valence-corrected chi connectivity index (χ1v) is 10.4. The molecular weight excluding hydrogens is 394 g/mol. The van der Waals surface area contributed by atoms with Crippen molar-refractivity contribution in [3.63, 3.8) is 0 Å².